The van der Waals surface area contributed by atoms with E-state index in [1.54, 1.807) is 12.1 Å². The highest BCUT2D eigenvalue weighted by Crippen LogP contribution is 2.30. The summed E-state index contributed by atoms with van der Waals surface area (Å²) in [5.74, 6) is 1.07. The van der Waals surface area contributed by atoms with E-state index in [1.807, 2.05) is 72.6 Å². The molecule has 5 heteroatoms. The van der Waals surface area contributed by atoms with Crippen LogP contribution in [0.25, 0.3) is 10.8 Å². The Morgan fingerprint density at radius 2 is 1.52 bits per heavy atom. The molecule has 0 aromatic heterocycles. The minimum Gasteiger partial charge on any atom is -0.338 e. The van der Waals surface area contributed by atoms with Gasteiger partial charge in [-0.2, -0.15) is 0 Å². The van der Waals surface area contributed by atoms with Gasteiger partial charge in [0.05, 0.1) is 0 Å². The molecule has 0 saturated carbocycles. The molecule has 1 atom stereocenters. The number of hydrogen-bond donors (Lipinski definition) is 1. The highest BCUT2D eigenvalue weighted by Gasteiger charge is 2.30. The van der Waals surface area contributed by atoms with E-state index in [-0.39, 0.29) is 11.7 Å². The van der Waals surface area contributed by atoms with Crippen LogP contribution in [0.15, 0.2) is 97.1 Å². The van der Waals surface area contributed by atoms with Gasteiger partial charge in [0.25, 0.3) is 5.91 Å². The molecule has 0 unspecified atom stereocenters. The summed E-state index contributed by atoms with van der Waals surface area (Å²) in [4.78, 5) is 17.8. The average molecular weight is 538 g/mol. The summed E-state index contributed by atoms with van der Waals surface area (Å²) in [5.41, 5.74) is 3.41. The van der Waals surface area contributed by atoms with Gasteiger partial charge in [-0.15, -0.1) is 0 Å². The van der Waals surface area contributed by atoms with Gasteiger partial charge in [0.1, 0.15) is 5.82 Å². The molecule has 2 heterocycles. The number of rotatable bonds is 6. The number of nitrogens with one attached hydrogen (secondary N) is 1. The Kier molecular flexibility index (Phi) is 9.58. The van der Waals surface area contributed by atoms with Crippen LogP contribution in [-0.4, -0.2) is 55.5 Å². The van der Waals surface area contributed by atoms with Crippen molar-refractivity contribution >= 4 is 16.7 Å². The lowest BCUT2D eigenvalue weighted by atomic mass is 9.89. The van der Waals surface area contributed by atoms with Crippen LogP contribution in [0.3, 0.4) is 0 Å². The molecule has 0 spiro atoms. The van der Waals surface area contributed by atoms with E-state index < -0.39 is 0 Å². The first-order chi connectivity index (χ1) is 19.6. The van der Waals surface area contributed by atoms with Gasteiger partial charge in [0.15, 0.2) is 0 Å². The van der Waals surface area contributed by atoms with Crippen LogP contribution in [0.1, 0.15) is 46.7 Å². The largest absolute Gasteiger partial charge is 0.338 e. The van der Waals surface area contributed by atoms with Crippen molar-refractivity contribution < 1.29 is 9.18 Å². The first kappa shape index (κ1) is 28.0. The molecular formula is C35H40FN3O. The van der Waals surface area contributed by atoms with Crippen LogP contribution >= 0.6 is 0 Å². The molecule has 2 fully saturated rings. The van der Waals surface area contributed by atoms with E-state index in [0.717, 1.165) is 74.9 Å². The van der Waals surface area contributed by atoms with Gasteiger partial charge in [0.2, 0.25) is 0 Å². The molecule has 1 amide bonds. The van der Waals surface area contributed by atoms with E-state index >= 15 is 0 Å². The van der Waals surface area contributed by atoms with Crippen molar-refractivity contribution in [2.45, 2.75) is 31.7 Å². The van der Waals surface area contributed by atoms with Crippen molar-refractivity contribution in [1.82, 2.24) is 15.1 Å². The molecule has 4 aromatic carbocycles. The first-order valence-corrected chi connectivity index (χ1v) is 14.5. The minimum atomic E-state index is -0.162. The first-order valence-electron chi connectivity index (χ1n) is 14.5. The molecule has 0 bridgehead atoms. The maximum absolute atomic E-state index is 13.2. The van der Waals surface area contributed by atoms with Crippen LogP contribution in [0.5, 0.6) is 0 Å². The van der Waals surface area contributed by atoms with Gasteiger partial charge in [-0.3, -0.25) is 4.79 Å². The zero-order chi connectivity index (χ0) is 27.7. The van der Waals surface area contributed by atoms with Crippen molar-refractivity contribution in [2.75, 3.05) is 39.8 Å². The third-order valence-electron chi connectivity index (χ3n) is 8.26. The maximum atomic E-state index is 13.2. The van der Waals surface area contributed by atoms with Crippen molar-refractivity contribution in [3.63, 3.8) is 0 Å². The second kappa shape index (κ2) is 13.7. The van der Waals surface area contributed by atoms with Crippen LogP contribution in [0, 0.1) is 11.7 Å². The number of fused-ring (bicyclic) bond motifs is 1. The maximum Gasteiger partial charge on any atom is 0.254 e. The quantitative estimate of drug-likeness (QED) is 0.296. The van der Waals surface area contributed by atoms with Gasteiger partial charge in [-0.1, -0.05) is 78.9 Å². The number of hydrogen-bond acceptors (Lipinski definition) is 3. The Labute approximate surface area is 237 Å². The highest BCUT2D eigenvalue weighted by molar-refractivity contribution is 6.07. The van der Waals surface area contributed by atoms with Gasteiger partial charge >= 0.3 is 0 Å². The molecule has 2 aliphatic rings. The zero-order valence-electron chi connectivity index (χ0n) is 23.4. The van der Waals surface area contributed by atoms with Crippen LogP contribution in [0.2, 0.25) is 0 Å². The summed E-state index contributed by atoms with van der Waals surface area (Å²) >= 11 is 0. The third-order valence-corrected chi connectivity index (χ3v) is 8.26. The van der Waals surface area contributed by atoms with E-state index in [2.05, 4.69) is 34.5 Å². The molecule has 0 aliphatic carbocycles. The number of piperidine rings is 1. The summed E-state index contributed by atoms with van der Waals surface area (Å²) < 4.78 is 13.2. The van der Waals surface area contributed by atoms with E-state index in [1.165, 1.54) is 11.1 Å². The Morgan fingerprint density at radius 1 is 0.825 bits per heavy atom. The fourth-order valence-corrected chi connectivity index (χ4v) is 6.10. The van der Waals surface area contributed by atoms with Crippen LogP contribution in [-0.2, 0) is 6.54 Å². The zero-order valence-corrected chi connectivity index (χ0v) is 23.4. The van der Waals surface area contributed by atoms with Crippen molar-refractivity contribution in [3.05, 3.63) is 120 Å². The Hall–Kier alpha value is -3.54. The lowest BCUT2D eigenvalue weighted by Crippen LogP contribution is -2.37. The third kappa shape index (κ3) is 7.15. The second-order valence-corrected chi connectivity index (χ2v) is 11.1. The number of halogens is 1. The van der Waals surface area contributed by atoms with Gasteiger partial charge < -0.3 is 15.1 Å². The fraction of sp³-hybridized carbons (Fsp3) is 0.343. The average Bonchev–Trinajstić information content (AvgIpc) is 3.47. The monoisotopic (exact) mass is 537 g/mol. The lowest BCUT2D eigenvalue weighted by molar-refractivity contribution is 0.0784. The minimum absolute atomic E-state index is 0.161. The topological polar surface area (TPSA) is 35.6 Å². The summed E-state index contributed by atoms with van der Waals surface area (Å²) in [7, 11) is 1.95. The van der Waals surface area contributed by atoms with Crippen LogP contribution in [0.4, 0.5) is 4.39 Å². The van der Waals surface area contributed by atoms with Gasteiger partial charge in [-0.25, -0.2) is 4.39 Å². The second-order valence-electron chi connectivity index (χ2n) is 11.1. The predicted molar refractivity (Wildman–Crippen MR) is 162 cm³/mol. The molecule has 40 heavy (non-hydrogen) atoms. The normalized spacial score (nSPS) is 17.9. The number of nitrogens with zero attached hydrogens (tertiary/aromatic N) is 2. The molecule has 0 radical (unpaired) electrons. The van der Waals surface area contributed by atoms with E-state index in [4.69, 9.17) is 0 Å². The highest BCUT2D eigenvalue weighted by atomic mass is 19.1. The molecule has 2 saturated heterocycles. The summed E-state index contributed by atoms with van der Waals surface area (Å²) in [5, 5.41) is 5.25. The fourth-order valence-electron chi connectivity index (χ4n) is 6.10. The number of amides is 1. The van der Waals surface area contributed by atoms with Crippen molar-refractivity contribution in [3.8, 4) is 0 Å². The molecule has 2 aliphatic heterocycles. The molecule has 4 aromatic rings. The summed E-state index contributed by atoms with van der Waals surface area (Å²) in [6.07, 6.45) is 3.32. The SMILES string of the molecule is CNCc1ccccc1.O=C(c1cccc2ccccc12)N1CC[C@H](CN2CCC(c3ccc(F)cc3)CC2)C1. The Bertz CT molecular complexity index is 1360. The molecule has 1 N–H and O–H groups in total. The predicted octanol–water partition coefficient (Wildman–Crippen LogP) is 6.73. The van der Waals surface area contributed by atoms with Crippen LogP contribution < -0.4 is 5.32 Å². The summed E-state index contributed by atoms with van der Waals surface area (Å²) in [6.45, 7) is 5.88. The van der Waals surface area contributed by atoms with E-state index in [9.17, 15) is 9.18 Å². The van der Waals surface area contributed by atoms with Gasteiger partial charge in [0, 0.05) is 31.7 Å². The summed E-state index contributed by atoms with van der Waals surface area (Å²) in [6, 6.07) is 31.5. The molecule has 208 valence electrons. The molecule has 4 nitrogen and oxygen atoms in total. The molecule has 6 rings (SSSR count). The standard InChI is InChI=1S/C27H29FN2O.C8H11N/c28-24-10-8-21(9-11-24)22-13-15-29(16-14-22)18-20-12-17-30(19-20)27(31)26-7-3-5-23-4-1-2-6-25(23)26;1-9-7-8-5-3-2-4-6-8/h1-11,20,22H,12-19H2;2-6,9H,7H2,1H3/t20-;/m1./s1. The number of benzene rings is 4. The molecular weight excluding hydrogens is 497 g/mol. The number of carbonyl (C=O) groups is 1. The number of likely N-dealkylation sites (tertiary alicyclic amines) is 2. The smallest absolute Gasteiger partial charge is 0.254 e. The Morgan fingerprint density at radius 3 is 2.27 bits per heavy atom. The lowest BCUT2D eigenvalue weighted by Gasteiger charge is -2.33. The van der Waals surface area contributed by atoms with E-state index in [0.29, 0.717) is 11.8 Å². The Balaban J connectivity index is 0.000000306. The number of carbonyl (C=O) groups excluding carboxylic acids is 1. The van der Waals surface area contributed by atoms with Gasteiger partial charge in [-0.05, 0) is 91.3 Å². The van der Waals surface area contributed by atoms with Crippen molar-refractivity contribution in [2.24, 2.45) is 5.92 Å². The van der Waals surface area contributed by atoms with Crippen molar-refractivity contribution in [1.29, 1.82) is 0 Å².